The van der Waals surface area contributed by atoms with Gasteiger partial charge in [0.1, 0.15) is 10.8 Å². The molecule has 1 aromatic heterocycles. The minimum Gasteiger partial charge on any atom is -0.496 e. The van der Waals surface area contributed by atoms with Crippen molar-refractivity contribution in [2.75, 3.05) is 13.7 Å². The lowest BCUT2D eigenvalue weighted by molar-refractivity contribution is 0.410. The molecule has 6 heteroatoms. The number of benzene rings is 1. The second kappa shape index (κ2) is 8.38. The van der Waals surface area contributed by atoms with Crippen LogP contribution >= 0.6 is 11.3 Å². The van der Waals surface area contributed by atoms with E-state index >= 15 is 0 Å². The Morgan fingerprint density at radius 2 is 2.14 bits per heavy atom. The second-order valence-corrected chi connectivity index (χ2v) is 6.04. The minimum absolute atomic E-state index is 0.566. The molecule has 2 rings (SSSR count). The number of hydrogen-bond acceptors (Lipinski definition) is 4. The third kappa shape index (κ3) is 4.73. The normalized spacial score (nSPS) is 11.3. The molecule has 0 atom stereocenters. The van der Waals surface area contributed by atoms with Crippen molar-refractivity contribution in [2.45, 2.75) is 26.9 Å². The Balaban J connectivity index is 2.00. The smallest absolute Gasteiger partial charge is 0.191 e. The Morgan fingerprint density at radius 3 is 2.82 bits per heavy atom. The van der Waals surface area contributed by atoms with Gasteiger partial charge < -0.3 is 15.4 Å². The highest BCUT2D eigenvalue weighted by Crippen LogP contribution is 2.17. The van der Waals surface area contributed by atoms with Crippen LogP contribution in [-0.2, 0) is 13.1 Å². The van der Waals surface area contributed by atoms with E-state index in [9.17, 15) is 0 Å². The van der Waals surface area contributed by atoms with Crippen molar-refractivity contribution < 1.29 is 4.74 Å². The second-order valence-electron chi connectivity index (χ2n) is 4.73. The number of aromatic nitrogens is 1. The third-order valence-electron chi connectivity index (χ3n) is 3.02. The summed E-state index contributed by atoms with van der Waals surface area (Å²) in [5, 5.41) is 7.60. The molecular formula is C16H22N4OS. The predicted octanol–water partition coefficient (Wildman–Crippen LogP) is 2.72. The average molecular weight is 318 g/mol. The summed E-state index contributed by atoms with van der Waals surface area (Å²) in [5.74, 6) is 1.64. The fourth-order valence-electron chi connectivity index (χ4n) is 1.98. The van der Waals surface area contributed by atoms with Crippen molar-refractivity contribution in [2.24, 2.45) is 4.99 Å². The van der Waals surface area contributed by atoms with Crippen LogP contribution in [0.2, 0.25) is 0 Å². The van der Waals surface area contributed by atoms with Gasteiger partial charge in [0.25, 0.3) is 0 Å². The van der Waals surface area contributed by atoms with E-state index in [1.54, 1.807) is 18.4 Å². The van der Waals surface area contributed by atoms with E-state index in [2.05, 4.69) is 27.5 Å². The van der Waals surface area contributed by atoms with Gasteiger partial charge in [0.2, 0.25) is 0 Å². The number of ether oxygens (including phenoxy) is 1. The highest BCUT2D eigenvalue weighted by molar-refractivity contribution is 7.11. The minimum atomic E-state index is 0.566. The van der Waals surface area contributed by atoms with Crippen LogP contribution in [0.15, 0.2) is 35.5 Å². The van der Waals surface area contributed by atoms with Crippen molar-refractivity contribution in [3.8, 4) is 5.75 Å². The number of guanidine groups is 1. The maximum absolute atomic E-state index is 5.35. The SMILES string of the molecule is CCNC(=NCc1ccccc1OC)NCc1ncc(C)s1. The van der Waals surface area contributed by atoms with Gasteiger partial charge in [-0.25, -0.2) is 9.98 Å². The Bertz CT molecular complexity index is 624. The summed E-state index contributed by atoms with van der Waals surface area (Å²) >= 11 is 1.69. The van der Waals surface area contributed by atoms with Crippen molar-refractivity contribution in [1.29, 1.82) is 0 Å². The molecule has 5 nitrogen and oxygen atoms in total. The van der Waals surface area contributed by atoms with Crippen LogP contribution in [0.1, 0.15) is 22.4 Å². The Kier molecular flexibility index (Phi) is 6.21. The van der Waals surface area contributed by atoms with E-state index in [1.165, 1.54) is 4.88 Å². The number of aryl methyl sites for hydroxylation is 1. The van der Waals surface area contributed by atoms with Crippen molar-refractivity contribution in [1.82, 2.24) is 15.6 Å². The molecule has 0 radical (unpaired) electrons. The zero-order valence-electron chi connectivity index (χ0n) is 13.2. The lowest BCUT2D eigenvalue weighted by Crippen LogP contribution is -2.36. The number of para-hydroxylation sites is 1. The maximum Gasteiger partial charge on any atom is 0.191 e. The van der Waals surface area contributed by atoms with Gasteiger partial charge in [0.15, 0.2) is 5.96 Å². The quantitative estimate of drug-likeness (QED) is 0.635. The Morgan fingerprint density at radius 1 is 1.32 bits per heavy atom. The summed E-state index contributed by atoms with van der Waals surface area (Å²) in [6.45, 7) is 6.16. The van der Waals surface area contributed by atoms with E-state index in [1.807, 2.05) is 37.4 Å². The van der Waals surface area contributed by atoms with Gasteiger partial charge >= 0.3 is 0 Å². The Hall–Kier alpha value is -2.08. The summed E-state index contributed by atoms with van der Waals surface area (Å²) in [6.07, 6.45) is 1.89. The molecule has 0 saturated carbocycles. The summed E-state index contributed by atoms with van der Waals surface area (Å²) in [5.41, 5.74) is 1.06. The first kappa shape index (κ1) is 16.3. The molecule has 0 fully saturated rings. The molecule has 0 amide bonds. The van der Waals surface area contributed by atoms with Crippen LogP contribution in [0.4, 0.5) is 0 Å². The van der Waals surface area contributed by atoms with Crippen LogP contribution in [0, 0.1) is 6.92 Å². The molecule has 0 spiro atoms. The molecule has 0 unspecified atom stereocenters. The molecule has 0 bridgehead atoms. The van der Waals surface area contributed by atoms with Gasteiger partial charge in [-0.3, -0.25) is 0 Å². The van der Waals surface area contributed by atoms with Crippen LogP contribution < -0.4 is 15.4 Å². The first-order chi connectivity index (χ1) is 10.7. The van der Waals surface area contributed by atoms with Crippen LogP contribution in [-0.4, -0.2) is 24.6 Å². The highest BCUT2D eigenvalue weighted by atomic mass is 32.1. The molecule has 118 valence electrons. The van der Waals surface area contributed by atoms with Gasteiger partial charge in [-0.1, -0.05) is 18.2 Å². The van der Waals surface area contributed by atoms with E-state index in [4.69, 9.17) is 4.74 Å². The van der Waals surface area contributed by atoms with E-state index in [-0.39, 0.29) is 0 Å². The summed E-state index contributed by atoms with van der Waals surface area (Å²) < 4.78 is 5.35. The molecule has 1 heterocycles. The van der Waals surface area contributed by atoms with Gasteiger partial charge in [-0.15, -0.1) is 11.3 Å². The zero-order valence-corrected chi connectivity index (χ0v) is 14.0. The van der Waals surface area contributed by atoms with Crippen LogP contribution in [0.3, 0.4) is 0 Å². The molecule has 22 heavy (non-hydrogen) atoms. The van der Waals surface area contributed by atoms with Gasteiger partial charge in [0.05, 0.1) is 20.2 Å². The molecule has 2 N–H and O–H groups in total. The molecule has 2 aromatic rings. The first-order valence-electron chi connectivity index (χ1n) is 7.28. The number of thiazole rings is 1. The average Bonchev–Trinajstić information content (AvgIpc) is 2.96. The van der Waals surface area contributed by atoms with Gasteiger partial charge in [-0.2, -0.15) is 0 Å². The highest BCUT2D eigenvalue weighted by Gasteiger charge is 2.04. The monoisotopic (exact) mass is 318 g/mol. The number of aliphatic imine (C=N–C) groups is 1. The number of nitrogens with zero attached hydrogens (tertiary/aromatic N) is 2. The lowest BCUT2D eigenvalue weighted by Gasteiger charge is -2.11. The molecule has 0 aliphatic carbocycles. The van der Waals surface area contributed by atoms with Crippen molar-refractivity contribution in [3.63, 3.8) is 0 Å². The number of methoxy groups -OCH3 is 1. The Labute approximate surface area is 135 Å². The zero-order chi connectivity index (χ0) is 15.8. The van der Waals surface area contributed by atoms with Crippen LogP contribution in [0.25, 0.3) is 0 Å². The van der Waals surface area contributed by atoms with E-state index in [0.29, 0.717) is 13.1 Å². The summed E-state index contributed by atoms with van der Waals surface area (Å²) in [6, 6.07) is 7.92. The molecule has 0 saturated heterocycles. The van der Waals surface area contributed by atoms with Crippen molar-refractivity contribution >= 4 is 17.3 Å². The standard InChI is InChI=1S/C16H22N4OS/c1-4-17-16(20-11-15-18-9-12(2)22-15)19-10-13-7-5-6-8-14(13)21-3/h5-9H,4,10-11H2,1-3H3,(H2,17,19,20). The molecule has 0 aliphatic heterocycles. The third-order valence-corrected chi connectivity index (χ3v) is 3.93. The van der Waals surface area contributed by atoms with E-state index in [0.717, 1.165) is 28.8 Å². The largest absolute Gasteiger partial charge is 0.496 e. The summed E-state index contributed by atoms with van der Waals surface area (Å²) in [4.78, 5) is 10.2. The molecular weight excluding hydrogens is 296 g/mol. The fourth-order valence-corrected chi connectivity index (χ4v) is 2.71. The van der Waals surface area contributed by atoms with E-state index < -0.39 is 0 Å². The first-order valence-corrected chi connectivity index (χ1v) is 8.10. The lowest BCUT2D eigenvalue weighted by atomic mass is 10.2. The maximum atomic E-state index is 5.35. The molecule has 1 aromatic carbocycles. The molecule has 0 aliphatic rings. The predicted molar refractivity (Wildman–Crippen MR) is 91.5 cm³/mol. The number of hydrogen-bond donors (Lipinski definition) is 2. The van der Waals surface area contributed by atoms with Gasteiger partial charge in [-0.05, 0) is 19.9 Å². The van der Waals surface area contributed by atoms with Crippen LogP contribution in [0.5, 0.6) is 5.75 Å². The van der Waals surface area contributed by atoms with Gasteiger partial charge in [0, 0.05) is 23.2 Å². The van der Waals surface area contributed by atoms with Crippen molar-refractivity contribution in [3.05, 3.63) is 45.9 Å². The fraction of sp³-hybridized carbons (Fsp3) is 0.375. The number of nitrogens with one attached hydrogen (secondary N) is 2. The topological polar surface area (TPSA) is 58.5 Å². The number of rotatable bonds is 6. The summed E-state index contributed by atoms with van der Waals surface area (Å²) in [7, 11) is 1.68.